The highest BCUT2D eigenvalue weighted by molar-refractivity contribution is 7.80. The molecule has 0 bridgehead atoms. The fourth-order valence-electron chi connectivity index (χ4n) is 2.28. The van der Waals surface area contributed by atoms with Crippen molar-refractivity contribution in [3.8, 4) is 0 Å². The maximum Gasteiger partial charge on any atom is 0.306 e. The third kappa shape index (κ3) is 4.08. The van der Waals surface area contributed by atoms with Crippen LogP contribution < -0.4 is 10.6 Å². The van der Waals surface area contributed by atoms with Gasteiger partial charge in [0.2, 0.25) is 0 Å². The van der Waals surface area contributed by atoms with Gasteiger partial charge in [-0.05, 0) is 6.07 Å². The van der Waals surface area contributed by atoms with Crippen molar-refractivity contribution < 1.29 is 9.53 Å². The number of methoxy groups -OCH3 is 1. The van der Waals surface area contributed by atoms with E-state index in [1.54, 1.807) is 12.3 Å². The molecule has 1 aromatic heterocycles. The number of nitrogens with zero attached hydrogens (tertiary/aromatic N) is 4. The molecule has 8 heteroatoms. The summed E-state index contributed by atoms with van der Waals surface area (Å²) in [7, 11) is 1.41. The minimum atomic E-state index is -0.179. The normalized spacial score (nSPS) is 15.8. The van der Waals surface area contributed by atoms with Gasteiger partial charge in [0.25, 0.3) is 0 Å². The molecule has 1 aliphatic rings. The molecule has 21 heavy (non-hydrogen) atoms. The Labute approximate surface area is 129 Å². The quantitative estimate of drug-likeness (QED) is 0.591. The van der Waals surface area contributed by atoms with E-state index in [4.69, 9.17) is 18.0 Å². The Hall–Kier alpha value is -1.80. The first-order valence-corrected chi connectivity index (χ1v) is 7.18. The summed E-state index contributed by atoms with van der Waals surface area (Å²) in [6.07, 6.45) is 2.00. The summed E-state index contributed by atoms with van der Waals surface area (Å²) in [6, 6.07) is 1.79. The minimum absolute atomic E-state index is 0.179. The lowest BCUT2D eigenvalue weighted by Crippen LogP contribution is -2.47. The molecule has 0 unspecified atom stereocenters. The van der Waals surface area contributed by atoms with E-state index in [1.165, 1.54) is 7.11 Å². The highest BCUT2D eigenvalue weighted by atomic mass is 32.1. The first kappa shape index (κ1) is 15.6. The van der Waals surface area contributed by atoms with Gasteiger partial charge in [-0.25, -0.2) is 0 Å². The number of anilines is 1. The lowest BCUT2D eigenvalue weighted by Gasteiger charge is -2.35. The number of ether oxygens (including phenoxy) is 1. The molecule has 2 heterocycles. The zero-order valence-corrected chi connectivity index (χ0v) is 12.8. The summed E-state index contributed by atoms with van der Waals surface area (Å²) in [4.78, 5) is 15.8. The monoisotopic (exact) mass is 309 g/mol. The predicted molar refractivity (Wildman–Crippen MR) is 83.2 cm³/mol. The van der Waals surface area contributed by atoms with Crippen molar-refractivity contribution in [1.82, 2.24) is 15.1 Å². The van der Waals surface area contributed by atoms with Crippen LogP contribution in [0.1, 0.15) is 12.0 Å². The summed E-state index contributed by atoms with van der Waals surface area (Å²) in [5.74, 6) is 0.555. The summed E-state index contributed by atoms with van der Waals surface area (Å²) in [5.41, 5.74) is 6.47. The molecular formula is C13H19N5O2S. The van der Waals surface area contributed by atoms with Crippen LogP contribution in [0.25, 0.3) is 0 Å². The number of carbonyl (C=O) groups is 1. The second-order valence-corrected chi connectivity index (χ2v) is 5.23. The topological polar surface area (TPSA) is 84.6 Å². The number of thiocarbonyl (C=S) groups is 1. The third-order valence-corrected chi connectivity index (χ3v) is 3.72. The molecule has 2 N–H and O–H groups in total. The van der Waals surface area contributed by atoms with Crippen LogP contribution in [0.3, 0.4) is 0 Å². The van der Waals surface area contributed by atoms with Crippen LogP contribution in [0, 0.1) is 0 Å². The predicted octanol–water partition coefficient (Wildman–Crippen LogP) is -0.204. The van der Waals surface area contributed by atoms with E-state index in [0.717, 1.165) is 37.6 Å². The second-order valence-electron chi connectivity index (χ2n) is 4.79. The van der Waals surface area contributed by atoms with Crippen LogP contribution >= 0.6 is 12.2 Å². The minimum Gasteiger partial charge on any atom is -0.469 e. The zero-order chi connectivity index (χ0) is 15.2. The molecule has 0 aromatic carbocycles. The van der Waals surface area contributed by atoms with E-state index in [-0.39, 0.29) is 5.97 Å². The van der Waals surface area contributed by atoms with Gasteiger partial charge < -0.3 is 15.4 Å². The molecule has 0 atom stereocenters. The zero-order valence-electron chi connectivity index (χ0n) is 12.0. The Morgan fingerprint density at radius 3 is 2.76 bits per heavy atom. The molecule has 2 rings (SSSR count). The van der Waals surface area contributed by atoms with Gasteiger partial charge >= 0.3 is 5.97 Å². The third-order valence-electron chi connectivity index (χ3n) is 3.50. The van der Waals surface area contributed by atoms with E-state index in [2.05, 4.69) is 24.7 Å². The van der Waals surface area contributed by atoms with E-state index >= 15 is 0 Å². The molecule has 1 fully saturated rings. The van der Waals surface area contributed by atoms with Crippen molar-refractivity contribution >= 4 is 29.0 Å². The standard InChI is InChI=1S/C13H19N5O2S/c1-20-11(19)3-5-17-6-8-18(9-7-17)13-10(12(14)21)2-4-15-16-13/h2,4H,3,5-9H2,1H3,(H2,14,21). The summed E-state index contributed by atoms with van der Waals surface area (Å²) in [5, 5.41) is 8.06. The van der Waals surface area contributed by atoms with Crippen molar-refractivity contribution in [2.45, 2.75) is 6.42 Å². The molecule has 114 valence electrons. The molecule has 1 aliphatic heterocycles. The highest BCUT2D eigenvalue weighted by Crippen LogP contribution is 2.18. The lowest BCUT2D eigenvalue weighted by atomic mass is 10.2. The van der Waals surface area contributed by atoms with Crippen molar-refractivity contribution in [2.24, 2.45) is 5.73 Å². The Bertz CT molecular complexity index is 517. The first-order chi connectivity index (χ1) is 10.1. The van der Waals surface area contributed by atoms with Gasteiger partial charge in [-0.15, -0.1) is 5.10 Å². The maximum absolute atomic E-state index is 11.2. The number of aromatic nitrogens is 2. The van der Waals surface area contributed by atoms with Crippen molar-refractivity contribution in [3.63, 3.8) is 0 Å². The molecule has 0 amide bonds. The van der Waals surface area contributed by atoms with Crippen LogP contribution in [0.2, 0.25) is 0 Å². The SMILES string of the molecule is COC(=O)CCN1CCN(c2nnccc2C(N)=S)CC1. The van der Waals surface area contributed by atoms with E-state index in [9.17, 15) is 4.79 Å². The molecule has 1 saturated heterocycles. The summed E-state index contributed by atoms with van der Waals surface area (Å²) < 4.78 is 4.65. The van der Waals surface area contributed by atoms with Gasteiger partial charge in [0, 0.05) is 32.7 Å². The van der Waals surface area contributed by atoms with E-state index in [0.29, 0.717) is 18.0 Å². The number of carbonyl (C=O) groups excluding carboxylic acids is 1. The molecular weight excluding hydrogens is 290 g/mol. The van der Waals surface area contributed by atoms with E-state index < -0.39 is 0 Å². The first-order valence-electron chi connectivity index (χ1n) is 6.77. The molecule has 7 nitrogen and oxygen atoms in total. The van der Waals surface area contributed by atoms with Crippen LogP contribution in [0.4, 0.5) is 5.82 Å². The van der Waals surface area contributed by atoms with Gasteiger partial charge in [0.15, 0.2) is 5.82 Å². The van der Waals surface area contributed by atoms with Crippen LogP contribution in [0.5, 0.6) is 0 Å². The van der Waals surface area contributed by atoms with Gasteiger partial charge in [0.05, 0.1) is 25.3 Å². The number of esters is 1. The molecule has 0 radical (unpaired) electrons. The molecule has 0 spiro atoms. The Balaban J connectivity index is 1.92. The van der Waals surface area contributed by atoms with Crippen molar-refractivity contribution in [3.05, 3.63) is 17.8 Å². The second kappa shape index (κ2) is 7.28. The lowest BCUT2D eigenvalue weighted by molar-refractivity contribution is -0.141. The smallest absolute Gasteiger partial charge is 0.306 e. The number of piperazine rings is 1. The van der Waals surface area contributed by atoms with Crippen LogP contribution in [-0.4, -0.2) is 65.9 Å². The summed E-state index contributed by atoms with van der Waals surface area (Å²) in [6.45, 7) is 4.02. The fourth-order valence-corrected chi connectivity index (χ4v) is 2.44. The Morgan fingerprint density at radius 2 is 2.14 bits per heavy atom. The summed E-state index contributed by atoms with van der Waals surface area (Å²) >= 11 is 5.05. The van der Waals surface area contributed by atoms with Gasteiger partial charge in [0.1, 0.15) is 4.99 Å². The average molecular weight is 309 g/mol. The number of nitrogens with two attached hydrogens (primary N) is 1. The fraction of sp³-hybridized carbons (Fsp3) is 0.538. The van der Waals surface area contributed by atoms with E-state index in [1.807, 2.05) is 0 Å². The highest BCUT2D eigenvalue weighted by Gasteiger charge is 2.21. The Kier molecular flexibility index (Phi) is 5.40. The van der Waals surface area contributed by atoms with Gasteiger partial charge in [-0.2, -0.15) is 5.10 Å². The van der Waals surface area contributed by atoms with Gasteiger partial charge in [-0.1, -0.05) is 12.2 Å². The molecule has 1 aromatic rings. The van der Waals surface area contributed by atoms with Crippen LogP contribution in [-0.2, 0) is 9.53 Å². The molecule has 0 saturated carbocycles. The van der Waals surface area contributed by atoms with Crippen molar-refractivity contribution in [1.29, 1.82) is 0 Å². The largest absolute Gasteiger partial charge is 0.469 e. The van der Waals surface area contributed by atoms with Crippen LogP contribution in [0.15, 0.2) is 12.3 Å². The maximum atomic E-state index is 11.2. The number of hydrogen-bond donors (Lipinski definition) is 1. The number of rotatable bonds is 5. The molecule has 0 aliphatic carbocycles. The number of hydrogen-bond acceptors (Lipinski definition) is 7. The Morgan fingerprint density at radius 1 is 1.43 bits per heavy atom. The average Bonchev–Trinajstić information content (AvgIpc) is 2.53. The van der Waals surface area contributed by atoms with Gasteiger partial charge in [-0.3, -0.25) is 9.69 Å². The van der Waals surface area contributed by atoms with Crippen molar-refractivity contribution in [2.75, 3.05) is 44.7 Å².